The third kappa shape index (κ3) is 5.28. The minimum atomic E-state index is 0.779. The van der Waals surface area contributed by atoms with E-state index in [1.807, 2.05) is 12.1 Å². The minimum Gasteiger partial charge on any atom is -0.456 e. The maximum atomic E-state index is 6.66. The van der Waals surface area contributed by atoms with Gasteiger partial charge in [0.05, 0.1) is 11.9 Å². The van der Waals surface area contributed by atoms with Gasteiger partial charge in [-0.2, -0.15) is 0 Å². The molecule has 8 aromatic carbocycles. The van der Waals surface area contributed by atoms with Crippen molar-refractivity contribution < 1.29 is 4.42 Å². The summed E-state index contributed by atoms with van der Waals surface area (Å²) in [6.45, 7) is 9.17. The molecule has 2 aliphatic carbocycles. The van der Waals surface area contributed by atoms with Gasteiger partial charge < -0.3 is 4.42 Å². The van der Waals surface area contributed by atoms with Crippen LogP contribution in [0.4, 0.5) is 0 Å². The molecule has 0 N–H and O–H groups in total. The SMILES string of the molecule is Cc1cc2c(c(-c3ccc(-c4c(-c5ccccc5)ccc5oc6ccccc6c45)c(-c4ccnnn4)c3-c3c(C)c(C)cc4c3Cc3ccccc3-4)c1C)Cc1ccccc1-2. The Bertz CT molecular complexity index is 3450. The highest BCUT2D eigenvalue weighted by Crippen LogP contribution is 2.56. The predicted molar refractivity (Wildman–Crippen MR) is 250 cm³/mol. The first kappa shape index (κ1) is 35.5. The number of aryl methyl sites for hydroxylation is 2. The molecular formula is C57H41N3O. The zero-order valence-corrected chi connectivity index (χ0v) is 34.6. The van der Waals surface area contributed by atoms with E-state index < -0.39 is 0 Å². The fourth-order valence-corrected chi connectivity index (χ4v) is 10.6. The van der Waals surface area contributed by atoms with Crippen LogP contribution in [0, 0.1) is 27.7 Å². The van der Waals surface area contributed by atoms with E-state index >= 15 is 0 Å². The fraction of sp³-hybridized carbons (Fsp3) is 0.105. The minimum absolute atomic E-state index is 0.779. The first-order valence-electron chi connectivity index (χ1n) is 21.2. The lowest BCUT2D eigenvalue weighted by Gasteiger charge is -2.27. The Labute approximate surface area is 355 Å². The van der Waals surface area contributed by atoms with Crippen molar-refractivity contribution in [2.75, 3.05) is 0 Å². The van der Waals surface area contributed by atoms with Crippen molar-refractivity contribution in [3.63, 3.8) is 0 Å². The summed E-state index contributed by atoms with van der Waals surface area (Å²) in [6.07, 6.45) is 3.51. The van der Waals surface area contributed by atoms with E-state index in [4.69, 9.17) is 9.52 Å². The van der Waals surface area contributed by atoms with Crippen LogP contribution in [0.15, 0.2) is 156 Å². The topological polar surface area (TPSA) is 51.8 Å². The van der Waals surface area contributed by atoms with E-state index in [1.54, 1.807) is 6.20 Å². The number of hydrogen-bond donors (Lipinski definition) is 0. The highest BCUT2D eigenvalue weighted by Gasteiger charge is 2.33. The van der Waals surface area contributed by atoms with Crippen molar-refractivity contribution in [3.05, 3.63) is 196 Å². The van der Waals surface area contributed by atoms with Gasteiger partial charge in [-0.1, -0.05) is 127 Å². The van der Waals surface area contributed by atoms with Gasteiger partial charge in [-0.05, 0) is 164 Å². The molecule has 0 unspecified atom stereocenters. The van der Waals surface area contributed by atoms with Gasteiger partial charge in [0.2, 0.25) is 0 Å². The molecule has 0 spiro atoms. The van der Waals surface area contributed by atoms with Crippen molar-refractivity contribution in [3.8, 4) is 78.0 Å². The number of hydrogen-bond acceptors (Lipinski definition) is 4. The largest absolute Gasteiger partial charge is 0.456 e. The molecule has 0 aliphatic heterocycles. The molecule has 61 heavy (non-hydrogen) atoms. The predicted octanol–water partition coefficient (Wildman–Crippen LogP) is 14.5. The molecule has 0 bridgehead atoms. The van der Waals surface area contributed by atoms with E-state index in [9.17, 15) is 0 Å². The second-order valence-corrected chi connectivity index (χ2v) is 16.8. The smallest absolute Gasteiger partial charge is 0.136 e. The van der Waals surface area contributed by atoms with Gasteiger partial charge in [-0.25, -0.2) is 0 Å². The third-order valence-electron chi connectivity index (χ3n) is 13.6. The highest BCUT2D eigenvalue weighted by molar-refractivity contribution is 6.19. The van der Waals surface area contributed by atoms with Gasteiger partial charge in [0.25, 0.3) is 0 Å². The number of para-hydroxylation sites is 1. The summed E-state index contributed by atoms with van der Waals surface area (Å²) < 4.78 is 6.66. The number of aromatic nitrogens is 3. The number of benzene rings is 8. The van der Waals surface area contributed by atoms with Crippen LogP contribution in [-0.4, -0.2) is 15.4 Å². The van der Waals surface area contributed by atoms with Crippen molar-refractivity contribution >= 4 is 21.9 Å². The standard InChI is InChI=1S/C57H41N3O/c1-32-28-45-39-18-10-8-16-37(39)30-47(45)52(34(32)3)43-22-23-44(54-41(36-14-6-5-7-15-36)24-25-51-56(54)42-20-12-13-21-50(42)61-51)55(49-26-27-58-60-59-49)57(43)53-35(4)33(2)29-46-40-19-11-9-17-38(40)31-48(46)53/h5-29H,30-31H2,1-4H3. The van der Waals surface area contributed by atoms with Crippen molar-refractivity contribution in [2.45, 2.75) is 40.5 Å². The molecule has 10 aromatic rings. The Hall–Kier alpha value is -7.43. The second kappa shape index (κ2) is 13.6. The average molecular weight is 784 g/mol. The number of furan rings is 1. The maximum Gasteiger partial charge on any atom is 0.136 e. The van der Waals surface area contributed by atoms with E-state index in [0.29, 0.717) is 0 Å². The first-order chi connectivity index (χ1) is 29.9. The first-order valence-corrected chi connectivity index (χ1v) is 21.2. The number of nitrogens with zero attached hydrogens (tertiary/aromatic N) is 3. The van der Waals surface area contributed by atoms with Crippen LogP contribution in [-0.2, 0) is 12.8 Å². The molecule has 4 heteroatoms. The van der Waals surface area contributed by atoms with E-state index in [1.165, 1.54) is 89.0 Å². The maximum absolute atomic E-state index is 6.66. The zero-order valence-electron chi connectivity index (χ0n) is 34.6. The summed E-state index contributed by atoms with van der Waals surface area (Å²) in [7, 11) is 0. The molecule has 0 fully saturated rings. The quantitative estimate of drug-likeness (QED) is 0.174. The van der Waals surface area contributed by atoms with Crippen LogP contribution >= 0.6 is 0 Å². The van der Waals surface area contributed by atoms with Crippen LogP contribution in [0.1, 0.15) is 44.5 Å². The number of rotatable bonds is 5. The molecule has 0 atom stereocenters. The lowest BCUT2D eigenvalue weighted by Crippen LogP contribution is -2.05. The molecule has 290 valence electrons. The summed E-state index contributed by atoms with van der Waals surface area (Å²) in [6, 6.07) is 53.0. The van der Waals surface area contributed by atoms with Crippen LogP contribution in [0.25, 0.3) is 100.0 Å². The Kier molecular flexibility index (Phi) is 7.89. The summed E-state index contributed by atoms with van der Waals surface area (Å²) in [5, 5.41) is 15.7. The van der Waals surface area contributed by atoms with Crippen LogP contribution in [0.5, 0.6) is 0 Å². The normalized spacial score (nSPS) is 12.5. The molecule has 0 saturated carbocycles. The Morgan fingerprint density at radius 2 is 1.03 bits per heavy atom. The van der Waals surface area contributed by atoms with Gasteiger partial charge in [0, 0.05) is 27.5 Å². The highest BCUT2D eigenvalue weighted by atomic mass is 16.3. The molecule has 2 aromatic heterocycles. The van der Waals surface area contributed by atoms with Crippen molar-refractivity contribution in [1.82, 2.24) is 15.4 Å². The van der Waals surface area contributed by atoms with Gasteiger partial charge in [0.1, 0.15) is 11.2 Å². The zero-order chi connectivity index (χ0) is 40.9. The fourth-order valence-electron chi connectivity index (χ4n) is 10.6. The Morgan fingerprint density at radius 3 is 1.72 bits per heavy atom. The summed E-state index contributed by atoms with van der Waals surface area (Å²) in [5.41, 5.74) is 28.8. The van der Waals surface area contributed by atoms with Crippen molar-refractivity contribution in [2.24, 2.45) is 0 Å². The molecule has 0 amide bonds. The van der Waals surface area contributed by atoms with Gasteiger partial charge in [0.15, 0.2) is 0 Å². The summed E-state index contributed by atoms with van der Waals surface area (Å²) in [5.74, 6) is 0. The molecule has 0 saturated heterocycles. The van der Waals surface area contributed by atoms with Crippen LogP contribution in [0.3, 0.4) is 0 Å². The lowest BCUT2D eigenvalue weighted by atomic mass is 9.76. The second-order valence-electron chi connectivity index (χ2n) is 16.8. The monoisotopic (exact) mass is 783 g/mol. The van der Waals surface area contributed by atoms with Gasteiger partial charge >= 0.3 is 0 Å². The average Bonchev–Trinajstić information content (AvgIpc) is 3.98. The van der Waals surface area contributed by atoms with Crippen LogP contribution in [0.2, 0.25) is 0 Å². The lowest BCUT2D eigenvalue weighted by molar-refractivity contribution is 0.669. The molecule has 0 radical (unpaired) electrons. The summed E-state index contributed by atoms with van der Waals surface area (Å²) >= 11 is 0. The van der Waals surface area contributed by atoms with Gasteiger partial charge in [-0.15, -0.1) is 10.2 Å². The van der Waals surface area contributed by atoms with Crippen LogP contribution < -0.4 is 0 Å². The molecule has 2 heterocycles. The number of fused-ring (bicyclic) bond motifs is 9. The van der Waals surface area contributed by atoms with E-state index in [-0.39, 0.29) is 0 Å². The molecular weight excluding hydrogens is 743 g/mol. The molecule has 4 nitrogen and oxygen atoms in total. The third-order valence-corrected chi connectivity index (χ3v) is 13.6. The van der Waals surface area contributed by atoms with Gasteiger partial charge in [-0.3, -0.25) is 0 Å². The van der Waals surface area contributed by atoms with E-state index in [2.05, 4.69) is 171 Å². The molecule has 12 rings (SSSR count). The summed E-state index contributed by atoms with van der Waals surface area (Å²) in [4.78, 5) is 0. The Balaban J connectivity index is 1.30. The van der Waals surface area contributed by atoms with E-state index in [0.717, 1.165) is 68.3 Å². The molecule has 2 aliphatic rings. The Morgan fingerprint density at radius 1 is 0.443 bits per heavy atom. The van der Waals surface area contributed by atoms with Crippen molar-refractivity contribution in [1.29, 1.82) is 0 Å².